The summed E-state index contributed by atoms with van der Waals surface area (Å²) in [7, 11) is 0. The van der Waals surface area contributed by atoms with Gasteiger partial charge >= 0.3 is 0 Å². The van der Waals surface area contributed by atoms with E-state index in [2.05, 4.69) is 27.5 Å². The fourth-order valence-corrected chi connectivity index (χ4v) is 5.53. The molecule has 0 radical (unpaired) electrons. The van der Waals surface area contributed by atoms with Crippen LogP contribution in [0.3, 0.4) is 0 Å². The maximum atomic E-state index is 13.3. The van der Waals surface area contributed by atoms with E-state index in [0.717, 1.165) is 51.3 Å². The van der Waals surface area contributed by atoms with Crippen LogP contribution in [0.5, 0.6) is 0 Å². The lowest BCUT2D eigenvalue weighted by Gasteiger charge is -2.41. The van der Waals surface area contributed by atoms with E-state index in [1.54, 1.807) is 0 Å². The molecule has 2 atom stereocenters. The quantitative estimate of drug-likeness (QED) is 0.837. The summed E-state index contributed by atoms with van der Waals surface area (Å²) in [6.07, 6.45) is 8.71. The van der Waals surface area contributed by atoms with Crippen LogP contribution in [0.25, 0.3) is 0 Å². The number of carbonyl (C=O) groups is 1. The van der Waals surface area contributed by atoms with E-state index < -0.39 is 0 Å². The number of amides is 1. The number of hydrogen-bond acceptors (Lipinski definition) is 5. The second-order valence-electron chi connectivity index (χ2n) is 6.34. The van der Waals surface area contributed by atoms with E-state index in [9.17, 15) is 4.79 Å². The standard InChI is InChI=1S/C15H24N4OS/c20-14-15(13-16-6-12-21-13,17-7-1-2-8-17)5-11-19(14)18-9-3-4-10-18/h3,9,13,16H,1-2,4-8,10-12H2. The molecule has 2 unspecified atom stereocenters. The van der Waals surface area contributed by atoms with Crippen molar-refractivity contribution in [1.29, 1.82) is 0 Å². The molecule has 1 amide bonds. The van der Waals surface area contributed by atoms with Gasteiger partial charge in [0.25, 0.3) is 5.91 Å². The van der Waals surface area contributed by atoms with Gasteiger partial charge in [0.15, 0.2) is 0 Å². The van der Waals surface area contributed by atoms with Crippen molar-refractivity contribution < 1.29 is 4.79 Å². The molecule has 21 heavy (non-hydrogen) atoms. The van der Waals surface area contributed by atoms with E-state index in [4.69, 9.17) is 0 Å². The highest BCUT2D eigenvalue weighted by atomic mass is 32.2. The van der Waals surface area contributed by atoms with Crippen molar-refractivity contribution in [3.05, 3.63) is 12.3 Å². The Morgan fingerprint density at radius 3 is 2.76 bits per heavy atom. The van der Waals surface area contributed by atoms with Crippen LogP contribution in [0.2, 0.25) is 0 Å². The molecule has 0 spiro atoms. The highest BCUT2D eigenvalue weighted by molar-refractivity contribution is 8.00. The zero-order valence-corrected chi connectivity index (χ0v) is 13.3. The lowest BCUT2D eigenvalue weighted by Crippen LogP contribution is -2.63. The van der Waals surface area contributed by atoms with Gasteiger partial charge in [-0.25, -0.2) is 0 Å². The minimum atomic E-state index is -0.311. The average Bonchev–Trinajstić information content (AvgIpc) is 3.28. The van der Waals surface area contributed by atoms with E-state index in [1.165, 1.54) is 12.8 Å². The number of carbonyl (C=O) groups excluding carboxylic acids is 1. The molecule has 0 bridgehead atoms. The van der Waals surface area contributed by atoms with E-state index in [0.29, 0.717) is 5.91 Å². The Morgan fingerprint density at radius 2 is 2.10 bits per heavy atom. The van der Waals surface area contributed by atoms with Crippen molar-refractivity contribution in [2.24, 2.45) is 0 Å². The van der Waals surface area contributed by atoms with Gasteiger partial charge in [0.2, 0.25) is 0 Å². The Kier molecular flexibility index (Phi) is 3.63. The highest BCUT2D eigenvalue weighted by Crippen LogP contribution is 2.41. The first-order chi connectivity index (χ1) is 10.3. The van der Waals surface area contributed by atoms with Crippen LogP contribution in [0.4, 0.5) is 0 Å². The van der Waals surface area contributed by atoms with Gasteiger partial charge in [0, 0.05) is 31.6 Å². The molecule has 0 aromatic carbocycles. The second kappa shape index (κ2) is 5.48. The van der Waals surface area contributed by atoms with Crippen LogP contribution in [-0.2, 0) is 4.79 Å². The molecular weight excluding hydrogens is 284 g/mol. The minimum absolute atomic E-state index is 0.264. The molecule has 0 aromatic rings. The molecule has 4 heterocycles. The van der Waals surface area contributed by atoms with Gasteiger partial charge in [-0.2, -0.15) is 0 Å². The molecule has 4 aliphatic rings. The van der Waals surface area contributed by atoms with E-state index in [1.807, 2.05) is 16.8 Å². The summed E-state index contributed by atoms with van der Waals surface area (Å²) in [5, 5.41) is 7.99. The SMILES string of the molecule is O=C1N(N2C=CCC2)CCC1(C1NCCS1)N1CCCC1. The van der Waals surface area contributed by atoms with Gasteiger partial charge in [-0.1, -0.05) is 6.08 Å². The van der Waals surface area contributed by atoms with Crippen LogP contribution < -0.4 is 5.32 Å². The molecule has 6 heteroatoms. The summed E-state index contributed by atoms with van der Waals surface area (Å²) in [6, 6.07) is 0. The van der Waals surface area contributed by atoms with Gasteiger partial charge in [-0.05, 0) is 38.8 Å². The Hall–Kier alpha value is -0.720. The Morgan fingerprint density at radius 1 is 1.24 bits per heavy atom. The predicted molar refractivity (Wildman–Crippen MR) is 84.6 cm³/mol. The van der Waals surface area contributed by atoms with Crippen molar-refractivity contribution >= 4 is 17.7 Å². The fraction of sp³-hybridized carbons (Fsp3) is 0.800. The molecule has 1 N–H and O–H groups in total. The molecule has 3 saturated heterocycles. The minimum Gasteiger partial charge on any atom is -0.303 e. The third-order valence-corrected chi connectivity index (χ3v) is 6.57. The molecule has 3 fully saturated rings. The smallest absolute Gasteiger partial charge is 0.264 e. The maximum absolute atomic E-state index is 13.3. The van der Waals surface area contributed by atoms with Gasteiger partial charge in [0.05, 0.1) is 5.37 Å². The lowest BCUT2D eigenvalue weighted by molar-refractivity contribution is -0.148. The van der Waals surface area contributed by atoms with Crippen molar-refractivity contribution in [1.82, 2.24) is 20.2 Å². The zero-order chi connectivity index (χ0) is 14.3. The number of hydrogen-bond donors (Lipinski definition) is 1. The molecule has 116 valence electrons. The van der Waals surface area contributed by atoms with Gasteiger partial charge in [0.1, 0.15) is 5.54 Å². The van der Waals surface area contributed by atoms with Crippen molar-refractivity contribution in [3.8, 4) is 0 Å². The van der Waals surface area contributed by atoms with Crippen LogP contribution in [-0.4, -0.2) is 70.2 Å². The number of rotatable bonds is 3. The Bertz CT molecular complexity index is 427. The number of nitrogens with one attached hydrogen (secondary N) is 1. The fourth-order valence-electron chi connectivity index (χ4n) is 4.18. The molecule has 0 aliphatic carbocycles. The Balaban J connectivity index is 1.63. The van der Waals surface area contributed by atoms with Crippen molar-refractivity contribution in [2.45, 2.75) is 36.6 Å². The van der Waals surface area contributed by atoms with Crippen LogP contribution in [0, 0.1) is 0 Å². The largest absolute Gasteiger partial charge is 0.303 e. The number of likely N-dealkylation sites (tertiary alicyclic amines) is 1. The number of nitrogens with zero attached hydrogens (tertiary/aromatic N) is 3. The van der Waals surface area contributed by atoms with E-state index in [-0.39, 0.29) is 10.9 Å². The van der Waals surface area contributed by atoms with Crippen molar-refractivity contribution in [3.63, 3.8) is 0 Å². The summed E-state index contributed by atoms with van der Waals surface area (Å²) >= 11 is 1.94. The number of hydrazine groups is 1. The first kappa shape index (κ1) is 13.9. The summed E-state index contributed by atoms with van der Waals surface area (Å²) < 4.78 is 0. The maximum Gasteiger partial charge on any atom is 0.264 e. The van der Waals surface area contributed by atoms with Gasteiger partial charge < -0.3 is 5.32 Å². The summed E-state index contributed by atoms with van der Waals surface area (Å²) in [5.74, 6) is 1.44. The molecule has 4 aliphatic heterocycles. The lowest BCUT2D eigenvalue weighted by atomic mass is 9.94. The highest BCUT2D eigenvalue weighted by Gasteiger charge is 2.58. The molecule has 0 aromatic heterocycles. The Labute approximate surface area is 130 Å². The van der Waals surface area contributed by atoms with Crippen LogP contribution in [0.1, 0.15) is 25.7 Å². The molecule has 4 rings (SSSR count). The van der Waals surface area contributed by atoms with Crippen LogP contribution in [0.15, 0.2) is 12.3 Å². The monoisotopic (exact) mass is 308 g/mol. The van der Waals surface area contributed by atoms with Gasteiger partial charge in [-0.3, -0.25) is 19.7 Å². The zero-order valence-electron chi connectivity index (χ0n) is 12.5. The summed E-state index contributed by atoms with van der Waals surface area (Å²) in [5.41, 5.74) is -0.311. The third kappa shape index (κ3) is 2.11. The molecular formula is C15H24N4OS. The number of thioether (sulfide) groups is 1. The second-order valence-corrected chi connectivity index (χ2v) is 7.55. The summed E-state index contributed by atoms with van der Waals surface area (Å²) in [4.78, 5) is 15.8. The predicted octanol–water partition coefficient (Wildman–Crippen LogP) is 0.850. The topological polar surface area (TPSA) is 38.8 Å². The average molecular weight is 308 g/mol. The first-order valence-corrected chi connectivity index (χ1v) is 9.22. The summed E-state index contributed by atoms with van der Waals surface area (Å²) in [6.45, 7) is 5.00. The van der Waals surface area contributed by atoms with Crippen LogP contribution >= 0.6 is 11.8 Å². The first-order valence-electron chi connectivity index (χ1n) is 8.17. The van der Waals surface area contributed by atoms with Gasteiger partial charge in [-0.15, -0.1) is 11.8 Å². The molecule has 5 nitrogen and oxygen atoms in total. The van der Waals surface area contributed by atoms with E-state index >= 15 is 0 Å². The molecule has 0 saturated carbocycles. The van der Waals surface area contributed by atoms with Crippen molar-refractivity contribution in [2.75, 3.05) is 38.5 Å². The normalized spacial score (nSPS) is 37.3. The third-order valence-electron chi connectivity index (χ3n) is 5.24.